The summed E-state index contributed by atoms with van der Waals surface area (Å²) in [5.41, 5.74) is 8.97. The summed E-state index contributed by atoms with van der Waals surface area (Å²) in [5, 5.41) is 3.37. The van der Waals surface area contributed by atoms with Crippen LogP contribution < -0.4 is 16.0 Å². The van der Waals surface area contributed by atoms with Crippen molar-refractivity contribution in [2.75, 3.05) is 18.0 Å². The van der Waals surface area contributed by atoms with Crippen molar-refractivity contribution >= 4 is 11.6 Å². The first kappa shape index (κ1) is 11.7. The molecule has 0 spiro atoms. The van der Waals surface area contributed by atoms with Crippen LogP contribution in [0.3, 0.4) is 0 Å². The van der Waals surface area contributed by atoms with Crippen molar-refractivity contribution in [2.45, 2.75) is 31.8 Å². The first-order valence-electron chi connectivity index (χ1n) is 6.64. The van der Waals surface area contributed by atoms with E-state index in [0.29, 0.717) is 19.0 Å². The number of hydrogen-bond donors (Lipinski definition) is 2. The van der Waals surface area contributed by atoms with Crippen molar-refractivity contribution in [3.8, 4) is 0 Å². The number of fused-ring (bicyclic) bond motifs is 1. The molecule has 1 aromatic carbocycles. The fraction of sp³-hybridized carbons (Fsp3) is 0.500. The summed E-state index contributed by atoms with van der Waals surface area (Å²) in [7, 11) is 0. The molecule has 0 saturated carbocycles. The highest BCUT2D eigenvalue weighted by atomic mass is 16.2. The molecule has 1 saturated heterocycles. The van der Waals surface area contributed by atoms with Gasteiger partial charge in [-0.2, -0.15) is 0 Å². The van der Waals surface area contributed by atoms with E-state index in [1.165, 1.54) is 0 Å². The van der Waals surface area contributed by atoms with E-state index in [1.54, 1.807) is 0 Å². The standard InChI is InChI=1S/C14H19N3O/c15-8-10-3-4-13-11(6-10)7-14(18)17(13)12-2-1-5-16-9-12/h3-4,6,12,16H,1-2,5,7-9,15H2. The van der Waals surface area contributed by atoms with E-state index in [9.17, 15) is 4.79 Å². The molecule has 3 N–H and O–H groups in total. The summed E-state index contributed by atoms with van der Waals surface area (Å²) in [6.07, 6.45) is 2.77. The summed E-state index contributed by atoms with van der Waals surface area (Å²) >= 11 is 0. The normalized spacial score (nSPS) is 23.3. The van der Waals surface area contributed by atoms with E-state index in [2.05, 4.69) is 17.4 Å². The van der Waals surface area contributed by atoms with Crippen LogP contribution in [0.4, 0.5) is 5.69 Å². The van der Waals surface area contributed by atoms with Crippen molar-refractivity contribution in [1.29, 1.82) is 0 Å². The predicted molar refractivity (Wildman–Crippen MR) is 71.4 cm³/mol. The van der Waals surface area contributed by atoms with Gasteiger partial charge < -0.3 is 16.0 Å². The number of benzene rings is 1. The molecule has 1 fully saturated rings. The zero-order valence-electron chi connectivity index (χ0n) is 10.5. The van der Waals surface area contributed by atoms with Gasteiger partial charge in [0, 0.05) is 24.8 Å². The highest BCUT2D eigenvalue weighted by Gasteiger charge is 2.33. The summed E-state index contributed by atoms with van der Waals surface area (Å²) in [5.74, 6) is 0.230. The topological polar surface area (TPSA) is 58.4 Å². The third kappa shape index (κ3) is 1.91. The molecular weight excluding hydrogens is 226 g/mol. The number of anilines is 1. The minimum atomic E-state index is 0.230. The molecular formula is C14H19N3O. The number of carbonyl (C=O) groups excluding carboxylic acids is 1. The highest BCUT2D eigenvalue weighted by molar-refractivity contribution is 6.02. The van der Waals surface area contributed by atoms with Crippen molar-refractivity contribution in [3.63, 3.8) is 0 Å². The van der Waals surface area contributed by atoms with Crippen LogP contribution in [0.15, 0.2) is 18.2 Å². The Morgan fingerprint density at radius 1 is 1.44 bits per heavy atom. The van der Waals surface area contributed by atoms with Gasteiger partial charge in [-0.15, -0.1) is 0 Å². The lowest BCUT2D eigenvalue weighted by molar-refractivity contribution is -0.117. The molecule has 4 heteroatoms. The molecule has 1 aromatic rings. The fourth-order valence-electron chi connectivity index (χ4n) is 2.98. The van der Waals surface area contributed by atoms with Crippen LogP contribution in [0.1, 0.15) is 24.0 Å². The van der Waals surface area contributed by atoms with Gasteiger partial charge in [0.1, 0.15) is 0 Å². The minimum absolute atomic E-state index is 0.230. The minimum Gasteiger partial charge on any atom is -0.326 e. The Hall–Kier alpha value is -1.39. The van der Waals surface area contributed by atoms with Gasteiger partial charge >= 0.3 is 0 Å². The zero-order valence-corrected chi connectivity index (χ0v) is 10.5. The van der Waals surface area contributed by atoms with Gasteiger partial charge in [0.25, 0.3) is 0 Å². The Balaban J connectivity index is 1.91. The number of carbonyl (C=O) groups is 1. The van der Waals surface area contributed by atoms with Crippen LogP contribution >= 0.6 is 0 Å². The number of nitrogens with two attached hydrogens (primary N) is 1. The Morgan fingerprint density at radius 2 is 2.33 bits per heavy atom. The molecule has 0 radical (unpaired) electrons. The first-order chi connectivity index (χ1) is 8.79. The van der Waals surface area contributed by atoms with E-state index in [0.717, 1.165) is 42.7 Å². The maximum absolute atomic E-state index is 12.2. The molecule has 2 heterocycles. The Morgan fingerprint density at radius 3 is 3.06 bits per heavy atom. The third-order valence-corrected chi connectivity index (χ3v) is 3.89. The molecule has 2 aliphatic heterocycles. The SMILES string of the molecule is NCc1ccc2c(c1)CC(=O)N2C1CCCNC1. The summed E-state index contributed by atoms with van der Waals surface area (Å²) in [6, 6.07) is 6.47. The monoisotopic (exact) mass is 245 g/mol. The molecule has 3 rings (SSSR count). The summed E-state index contributed by atoms with van der Waals surface area (Å²) < 4.78 is 0. The van der Waals surface area contributed by atoms with Crippen LogP contribution in [0, 0.1) is 0 Å². The van der Waals surface area contributed by atoms with E-state index >= 15 is 0 Å². The van der Waals surface area contributed by atoms with Gasteiger partial charge in [-0.05, 0) is 36.6 Å². The Labute approximate surface area is 107 Å². The second-order valence-electron chi connectivity index (χ2n) is 5.11. The van der Waals surface area contributed by atoms with Gasteiger partial charge in [-0.25, -0.2) is 0 Å². The molecule has 0 bridgehead atoms. The fourth-order valence-corrected chi connectivity index (χ4v) is 2.98. The number of nitrogens with one attached hydrogen (secondary N) is 1. The second-order valence-corrected chi connectivity index (χ2v) is 5.11. The molecule has 2 aliphatic rings. The lowest BCUT2D eigenvalue weighted by Crippen LogP contribution is -2.47. The largest absolute Gasteiger partial charge is 0.326 e. The molecule has 96 valence electrons. The number of hydrogen-bond acceptors (Lipinski definition) is 3. The Kier molecular flexibility index (Phi) is 3.06. The number of piperidine rings is 1. The van der Waals surface area contributed by atoms with Crippen LogP contribution in [-0.2, 0) is 17.8 Å². The van der Waals surface area contributed by atoms with Crippen molar-refractivity contribution in [2.24, 2.45) is 5.73 Å². The van der Waals surface area contributed by atoms with Crippen LogP contribution in [-0.4, -0.2) is 25.0 Å². The van der Waals surface area contributed by atoms with Gasteiger partial charge in [0.2, 0.25) is 5.91 Å². The molecule has 1 unspecified atom stereocenters. The second kappa shape index (κ2) is 4.71. The lowest BCUT2D eigenvalue weighted by Gasteiger charge is -2.32. The van der Waals surface area contributed by atoms with Crippen LogP contribution in [0.5, 0.6) is 0 Å². The van der Waals surface area contributed by atoms with Gasteiger partial charge in [-0.3, -0.25) is 4.79 Å². The van der Waals surface area contributed by atoms with Crippen molar-refractivity contribution in [3.05, 3.63) is 29.3 Å². The molecule has 1 atom stereocenters. The molecule has 4 nitrogen and oxygen atoms in total. The maximum Gasteiger partial charge on any atom is 0.231 e. The highest BCUT2D eigenvalue weighted by Crippen LogP contribution is 2.32. The van der Waals surface area contributed by atoms with Gasteiger partial charge in [-0.1, -0.05) is 12.1 Å². The third-order valence-electron chi connectivity index (χ3n) is 3.89. The predicted octanol–water partition coefficient (Wildman–Crippen LogP) is 0.786. The van der Waals surface area contributed by atoms with Crippen LogP contribution in [0.25, 0.3) is 0 Å². The van der Waals surface area contributed by atoms with E-state index in [-0.39, 0.29) is 5.91 Å². The van der Waals surface area contributed by atoms with Crippen molar-refractivity contribution < 1.29 is 4.79 Å². The van der Waals surface area contributed by atoms with Gasteiger partial charge in [0.15, 0.2) is 0 Å². The van der Waals surface area contributed by atoms with E-state index in [1.807, 2.05) is 11.0 Å². The lowest BCUT2D eigenvalue weighted by atomic mass is 10.0. The average Bonchev–Trinajstić information content (AvgIpc) is 2.74. The van der Waals surface area contributed by atoms with E-state index < -0.39 is 0 Å². The maximum atomic E-state index is 12.2. The van der Waals surface area contributed by atoms with Gasteiger partial charge in [0.05, 0.1) is 6.42 Å². The quantitative estimate of drug-likeness (QED) is 0.810. The first-order valence-corrected chi connectivity index (χ1v) is 6.64. The van der Waals surface area contributed by atoms with Crippen LogP contribution in [0.2, 0.25) is 0 Å². The molecule has 0 aromatic heterocycles. The molecule has 0 aliphatic carbocycles. The Bertz CT molecular complexity index is 466. The van der Waals surface area contributed by atoms with Crippen molar-refractivity contribution in [1.82, 2.24) is 5.32 Å². The molecule has 1 amide bonds. The number of rotatable bonds is 2. The smallest absolute Gasteiger partial charge is 0.231 e. The summed E-state index contributed by atoms with van der Waals surface area (Å²) in [4.78, 5) is 14.2. The zero-order chi connectivity index (χ0) is 12.5. The average molecular weight is 245 g/mol. The molecule has 18 heavy (non-hydrogen) atoms. The summed E-state index contributed by atoms with van der Waals surface area (Å²) in [6.45, 7) is 2.51. The number of amides is 1. The van der Waals surface area contributed by atoms with E-state index in [4.69, 9.17) is 5.73 Å². The number of nitrogens with zero attached hydrogens (tertiary/aromatic N) is 1.